The summed E-state index contributed by atoms with van der Waals surface area (Å²) in [7, 11) is 0. The first-order valence-corrected chi connectivity index (χ1v) is 9.53. The molecule has 2 heterocycles. The van der Waals surface area contributed by atoms with Crippen molar-refractivity contribution in [2.24, 2.45) is 17.6 Å². The first-order chi connectivity index (χ1) is 13.0. The van der Waals surface area contributed by atoms with E-state index >= 15 is 0 Å². The maximum absolute atomic E-state index is 12.1. The van der Waals surface area contributed by atoms with Crippen LogP contribution in [-0.2, 0) is 6.42 Å². The largest absolute Gasteiger partial charge is 0.477 e. The summed E-state index contributed by atoms with van der Waals surface area (Å²) in [4.78, 5) is 28.4. The zero-order valence-electron chi connectivity index (χ0n) is 15.9. The van der Waals surface area contributed by atoms with Crippen molar-refractivity contribution in [3.05, 3.63) is 51.8 Å². The Labute approximate surface area is 159 Å². The number of H-pyrrole nitrogens is 1. The quantitative estimate of drug-likeness (QED) is 0.727. The van der Waals surface area contributed by atoms with Gasteiger partial charge in [-0.15, -0.1) is 0 Å². The number of nitrogens with two attached hydrogens (primary N) is 1. The fourth-order valence-electron chi connectivity index (χ4n) is 3.99. The molecule has 0 spiro atoms. The molecule has 6 heteroatoms. The second-order valence-corrected chi connectivity index (χ2v) is 7.19. The predicted molar refractivity (Wildman–Crippen MR) is 107 cm³/mol. The number of aromatic nitrogens is 1. The average Bonchev–Trinajstić information content (AvgIpc) is 3.11. The number of nitrogens with zero attached hydrogens (tertiary/aromatic N) is 1. The highest BCUT2D eigenvalue weighted by Gasteiger charge is 2.30. The molecule has 0 radical (unpaired) electrons. The number of carboxylic acids is 1. The number of hydrogen-bond donors (Lipinski definition) is 3. The van der Waals surface area contributed by atoms with Crippen molar-refractivity contribution in [2.45, 2.75) is 26.7 Å². The summed E-state index contributed by atoms with van der Waals surface area (Å²) in [5.74, 6) is -0.0515. The van der Waals surface area contributed by atoms with Crippen LogP contribution < -0.4 is 16.2 Å². The molecule has 0 saturated carbocycles. The van der Waals surface area contributed by atoms with Gasteiger partial charge in [-0.2, -0.15) is 0 Å². The minimum Gasteiger partial charge on any atom is -0.477 e. The van der Waals surface area contributed by atoms with E-state index in [-0.39, 0.29) is 5.56 Å². The maximum Gasteiger partial charge on any atom is 0.341 e. The van der Waals surface area contributed by atoms with Gasteiger partial charge in [-0.05, 0) is 54.1 Å². The number of nitrogens with one attached hydrogen (secondary N) is 1. The van der Waals surface area contributed by atoms with Gasteiger partial charge in [0.05, 0.1) is 5.69 Å². The molecule has 2 unspecified atom stereocenters. The standard InChI is InChI=1S/C21H27N3O3/c1-3-13-9-18(21(26)27)20(25)23-19(13)15-5-7-17(8-6-15)24-11-14(4-2)16(10-22)12-24/h5-9,14,16H,3-4,10-12,22H2,1-2H3,(H,23,25)(H,26,27). The molecule has 0 aliphatic carbocycles. The lowest BCUT2D eigenvalue weighted by Gasteiger charge is -2.19. The first-order valence-electron chi connectivity index (χ1n) is 9.53. The highest BCUT2D eigenvalue weighted by Crippen LogP contribution is 2.31. The van der Waals surface area contributed by atoms with Crippen LogP contribution in [0.3, 0.4) is 0 Å². The Morgan fingerprint density at radius 1 is 1.22 bits per heavy atom. The van der Waals surface area contributed by atoms with Gasteiger partial charge < -0.3 is 20.7 Å². The SMILES string of the molecule is CCc1cc(C(=O)O)c(=O)[nH]c1-c1ccc(N2CC(CC)C(CN)C2)cc1. The Balaban J connectivity index is 1.89. The highest BCUT2D eigenvalue weighted by atomic mass is 16.4. The van der Waals surface area contributed by atoms with Crippen LogP contribution in [0.2, 0.25) is 0 Å². The Hall–Kier alpha value is -2.60. The van der Waals surface area contributed by atoms with E-state index in [0.29, 0.717) is 30.5 Å². The zero-order chi connectivity index (χ0) is 19.6. The lowest BCUT2D eigenvalue weighted by atomic mass is 9.94. The topological polar surface area (TPSA) is 99.4 Å². The Morgan fingerprint density at radius 2 is 1.89 bits per heavy atom. The number of pyridine rings is 1. The molecule has 1 saturated heterocycles. The van der Waals surface area contributed by atoms with Crippen molar-refractivity contribution in [3.63, 3.8) is 0 Å². The third kappa shape index (κ3) is 3.76. The summed E-state index contributed by atoms with van der Waals surface area (Å²) in [6, 6.07) is 9.56. The number of rotatable bonds is 6. The van der Waals surface area contributed by atoms with E-state index in [1.54, 1.807) is 0 Å². The summed E-state index contributed by atoms with van der Waals surface area (Å²) >= 11 is 0. The molecule has 2 atom stereocenters. The molecule has 4 N–H and O–H groups in total. The minimum absolute atomic E-state index is 0.220. The van der Waals surface area contributed by atoms with Crippen molar-refractivity contribution < 1.29 is 9.90 Å². The zero-order valence-corrected chi connectivity index (χ0v) is 15.9. The van der Waals surface area contributed by atoms with Crippen LogP contribution >= 0.6 is 0 Å². The van der Waals surface area contributed by atoms with E-state index in [1.165, 1.54) is 6.07 Å². The summed E-state index contributed by atoms with van der Waals surface area (Å²) in [5, 5.41) is 9.15. The Morgan fingerprint density at radius 3 is 2.41 bits per heavy atom. The van der Waals surface area contributed by atoms with Gasteiger partial charge in [0.2, 0.25) is 0 Å². The third-order valence-electron chi connectivity index (χ3n) is 5.66. The molecule has 144 valence electrons. The minimum atomic E-state index is -1.21. The second kappa shape index (κ2) is 7.96. The fraction of sp³-hybridized carbons (Fsp3) is 0.429. The van der Waals surface area contributed by atoms with E-state index in [9.17, 15) is 9.59 Å². The van der Waals surface area contributed by atoms with Crippen molar-refractivity contribution in [1.82, 2.24) is 4.98 Å². The molecule has 27 heavy (non-hydrogen) atoms. The van der Waals surface area contributed by atoms with Gasteiger partial charge in [-0.1, -0.05) is 32.4 Å². The van der Waals surface area contributed by atoms with Gasteiger partial charge in [0.1, 0.15) is 5.56 Å². The molecule has 6 nitrogen and oxygen atoms in total. The molecule has 0 bridgehead atoms. The summed E-state index contributed by atoms with van der Waals surface area (Å²) < 4.78 is 0. The molecule has 1 aliphatic rings. The molecule has 3 rings (SSSR count). The van der Waals surface area contributed by atoms with Crippen molar-refractivity contribution in [1.29, 1.82) is 0 Å². The normalized spacial score (nSPS) is 19.4. The predicted octanol–water partition coefficient (Wildman–Crippen LogP) is 2.72. The van der Waals surface area contributed by atoms with Crippen molar-refractivity contribution in [3.8, 4) is 11.3 Å². The first kappa shape index (κ1) is 19.2. The van der Waals surface area contributed by atoms with Crippen molar-refractivity contribution in [2.75, 3.05) is 24.5 Å². The smallest absolute Gasteiger partial charge is 0.341 e. The lowest BCUT2D eigenvalue weighted by molar-refractivity contribution is 0.0695. The van der Waals surface area contributed by atoms with Gasteiger partial charge in [0, 0.05) is 18.8 Å². The summed E-state index contributed by atoms with van der Waals surface area (Å²) in [6.07, 6.45) is 1.77. The molecule has 0 amide bonds. The van der Waals surface area contributed by atoms with E-state index in [4.69, 9.17) is 10.8 Å². The summed E-state index contributed by atoms with van der Waals surface area (Å²) in [5.41, 5.74) is 8.66. The molecule has 1 aromatic heterocycles. The van der Waals surface area contributed by atoms with Gasteiger partial charge in [-0.25, -0.2) is 4.79 Å². The number of hydrogen-bond acceptors (Lipinski definition) is 4. The number of carbonyl (C=O) groups is 1. The van der Waals surface area contributed by atoms with E-state index in [1.807, 2.05) is 19.1 Å². The number of benzene rings is 1. The van der Waals surface area contributed by atoms with Gasteiger partial charge in [0.25, 0.3) is 5.56 Å². The molecular formula is C21H27N3O3. The van der Waals surface area contributed by atoms with Crippen molar-refractivity contribution >= 4 is 11.7 Å². The summed E-state index contributed by atoms with van der Waals surface area (Å²) in [6.45, 7) is 6.85. The molecule has 1 aliphatic heterocycles. The highest BCUT2D eigenvalue weighted by molar-refractivity contribution is 5.88. The van der Waals surface area contributed by atoms with Crippen LogP contribution in [0.1, 0.15) is 36.2 Å². The molecule has 2 aromatic rings. The molecular weight excluding hydrogens is 342 g/mol. The second-order valence-electron chi connectivity index (χ2n) is 7.19. The van der Waals surface area contributed by atoms with Crippen LogP contribution in [-0.4, -0.2) is 35.7 Å². The number of aromatic amines is 1. The Kier molecular flexibility index (Phi) is 5.65. The lowest BCUT2D eigenvalue weighted by Crippen LogP contribution is -2.23. The average molecular weight is 369 g/mol. The maximum atomic E-state index is 12.1. The number of anilines is 1. The van der Waals surface area contributed by atoms with Crippen LogP contribution in [0.15, 0.2) is 35.1 Å². The molecule has 1 fully saturated rings. The van der Waals surface area contributed by atoms with Gasteiger partial charge >= 0.3 is 5.97 Å². The monoisotopic (exact) mass is 369 g/mol. The van der Waals surface area contributed by atoms with Gasteiger partial charge in [-0.3, -0.25) is 4.79 Å². The fourth-order valence-corrected chi connectivity index (χ4v) is 3.99. The van der Waals surface area contributed by atoms with E-state index < -0.39 is 11.5 Å². The van der Waals surface area contributed by atoms with Crippen LogP contribution in [0.25, 0.3) is 11.3 Å². The number of aryl methyl sites for hydroxylation is 1. The van der Waals surface area contributed by atoms with Crippen LogP contribution in [0, 0.1) is 11.8 Å². The van der Waals surface area contributed by atoms with Gasteiger partial charge in [0.15, 0.2) is 0 Å². The van der Waals surface area contributed by atoms with E-state index in [2.05, 4.69) is 28.9 Å². The van der Waals surface area contributed by atoms with E-state index in [0.717, 1.165) is 36.3 Å². The van der Waals surface area contributed by atoms with Crippen LogP contribution in [0.4, 0.5) is 5.69 Å². The third-order valence-corrected chi connectivity index (χ3v) is 5.66. The Bertz CT molecular complexity index is 861. The van der Waals surface area contributed by atoms with Crippen LogP contribution in [0.5, 0.6) is 0 Å². The number of aromatic carboxylic acids is 1. The number of carboxylic acid groups (broad SMARTS) is 1. The molecule has 1 aromatic carbocycles.